The molecule has 1 aromatic carbocycles. The van der Waals surface area contributed by atoms with Gasteiger partial charge in [-0.3, -0.25) is 19.7 Å². The maximum absolute atomic E-state index is 14.9. The topological polar surface area (TPSA) is 75.6 Å². The van der Waals surface area contributed by atoms with E-state index in [9.17, 15) is 14.3 Å². The van der Waals surface area contributed by atoms with E-state index >= 15 is 0 Å². The molecule has 5 rings (SSSR count). The summed E-state index contributed by atoms with van der Waals surface area (Å²) >= 11 is 0. The van der Waals surface area contributed by atoms with Crippen LogP contribution in [-0.2, 0) is 17.8 Å². The van der Waals surface area contributed by atoms with Crippen molar-refractivity contribution in [3.63, 3.8) is 0 Å². The number of carboxylic acids is 1. The molecule has 0 spiro atoms. The third-order valence-electron chi connectivity index (χ3n) is 8.39. The number of aliphatic carboxylic acids is 1. The first-order valence-electron chi connectivity index (χ1n) is 14.1. The molecule has 7 heteroatoms. The quantitative estimate of drug-likeness (QED) is 0.313. The van der Waals surface area contributed by atoms with Gasteiger partial charge in [0.15, 0.2) is 0 Å². The third-order valence-corrected chi connectivity index (χ3v) is 8.39. The number of nitrogens with zero attached hydrogens (tertiary/aromatic N) is 3. The van der Waals surface area contributed by atoms with Gasteiger partial charge in [-0.05, 0) is 92.4 Å². The van der Waals surface area contributed by atoms with Crippen LogP contribution in [0.5, 0.6) is 5.75 Å². The highest BCUT2D eigenvalue weighted by atomic mass is 19.1. The van der Waals surface area contributed by atoms with Gasteiger partial charge in [-0.1, -0.05) is 32.9 Å². The van der Waals surface area contributed by atoms with Crippen molar-refractivity contribution in [1.29, 1.82) is 0 Å². The Kier molecular flexibility index (Phi) is 7.98. The highest BCUT2D eigenvalue weighted by Crippen LogP contribution is 2.48. The zero-order valence-corrected chi connectivity index (χ0v) is 23.3. The fourth-order valence-corrected chi connectivity index (χ4v) is 5.88. The van der Waals surface area contributed by atoms with Crippen molar-refractivity contribution in [2.24, 2.45) is 11.8 Å². The van der Waals surface area contributed by atoms with Gasteiger partial charge in [0.1, 0.15) is 17.7 Å². The number of rotatable bonds is 10. The molecule has 206 valence electrons. The van der Waals surface area contributed by atoms with E-state index in [0.717, 1.165) is 78.2 Å². The smallest absolute Gasteiger partial charge is 0.306 e. The molecule has 3 atom stereocenters. The highest BCUT2D eigenvalue weighted by molar-refractivity contribution is 5.71. The molecule has 1 unspecified atom stereocenters. The number of fused-ring (bicyclic) bond motifs is 1. The molecule has 0 amide bonds. The maximum atomic E-state index is 14.9. The highest BCUT2D eigenvalue weighted by Gasteiger charge is 2.39. The summed E-state index contributed by atoms with van der Waals surface area (Å²) in [5.41, 5.74) is 6.09. The molecule has 1 fully saturated rings. The van der Waals surface area contributed by atoms with Gasteiger partial charge in [-0.25, -0.2) is 4.39 Å². The fourth-order valence-electron chi connectivity index (χ4n) is 5.88. The first-order chi connectivity index (χ1) is 18.8. The van der Waals surface area contributed by atoms with Crippen LogP contribution in [0.4, 0.5) is 4.39 Å². The summed E-state index contributed by atoms with van der Waals surface area (Å²) in [5.74, 6) is -0.319. The molecule has 3 heterocycles. The van der Waals surface area contributed by atoms with Crippen molar-refractivity contribution < 1.29 is 19.0 Å². The van der Waals surface area contributed by atoms with Crippen LogP contribution in [0.15, 0.2) is 42.7 Å². The van der Waals surface area contributed by atoms with Crippen molar-refractivity contribution in [3.8, 4) is 16.9 Å². The van der Waals surface area contributed by atoms with E-state index in [1.165, 1.54) is 6.20 Å². The Morgan fingerprint density at radius 3 is 2.56 bits per heavy atom. The lowest BCUT2D eigenvalue weighted by Gasteiger charge is -2.29. The molecule has 1 aliphatic carbocycles. The van der Waals surface area contributed by atoms with Crippen molar-refractivity contribution in [2.45, 2.75) is 71.9 Å². The molecule has 0 saturated heterocycles. The van der Waals surface area contributed by atoms with E-state index in [2.05, 4.69) is 48.0 Å². The molecule has 1 aliphatic heterocycles. The minimum atomic E-state index is -0.755. The zero-order chi connectivity index (χ0) is 27.7. The lowest BCUT2D eigenvalue weighted by Crippen LogP contribution is -2.23. The number of benzene rings is 1. The van der Waals surface area contributed by atoms with Crippen molar-refractivity contribution in [3.05, 3.63) is 76.6 Å². The van der Waals surface area contributed by atoms with E-state index < -0.39 is 11.9 Å². The average molecular weight is 532 g/mol. The van der Waals surface area contributed by atoms with E-state index in [0.29, 0.717) is 18.0 Å². The molecule has 3 aromatic rings. The van der Waals surface area contributed by atoms with Gasteiger partial charge in [0.05, 0.1) is 17.8 Å². The second kappa shape index (κ2) is 11.4. The molecule has 1 saturated carbocycles. The molecule has 2 aliphatic rings. The van der Waals surface area contributed by atoms with Gasteiger partial charge in [0.2, 0.25) is 0 Å². The van der Waals surface area contributed by atoms with Gasteiger partial charge >= 0.3 is 5.97 Å². The Bertz CT molecular complexity index is 1350. The van der Waals surface area contributed by atoms with Crippen molar-refractivity contribution in [2.75, 3.05) is 13.1 Å². The maximum Gasteiger partial charge on any atom is 0.306 e. The average Bonchev–Trinajstić information content (AvgIpc) is 3.78. The van der Waals surface area contributed by atoms with Gasteiger partial charge in [0, 0.05) is 29.6 Å². The predicted molar refractivity (Wildman–Crippen MR) is 149 cm³/mol. The predicted octanol–water partition coefficient (Wildman–Crippen LogP) is 6.71. The number of carboxylic acid groups (broad SMARTS) is 1. The fraction of sp³-hybridized carbons (Fsp3) is 0.469. The Hall–Kier alpha value is -3.32. The van der Waals surface area contributed by atoms with Gasteiger partial charge in [0.25, 0.3) is 0 Å². The number of halogens is 1. The number of hydrogen-bond acceptors (Lipinski definition) is 5. The van der Waals surface area contributed by atoms with E-state index in [-0.39, 0.29) is 17.8 Å². The summed E-state index contributed by atoms with van der Waals surface area (Å²) in [5, 5.41) is 9.71. The normalized spacial score (nSPS) is 18.4. The van der Waals surface area contributed by atoms with Crippen LogP contribution in [0.1, 0.15) is 80.1 Å². The Morgan fingerprint density at radius 2 is 1.87 bits per heavy atom. The molecule has 0 bridgehead atoms. The first kappa shape index (κ1) is 27.3. The van der Waals surface area contributed by atoms with E-state index in [1.807, 2.05) is 13.8 Å². The number of pyridine rings is 2. The van der Waals surface area contributed by atoms with Crippen molar-refractivity contribution >= 4 is 5.97 Å². The number of aryl methyl sites for hydroxylation is 2. The van der Waals surface area contributed by atoms with Crippen LogP contribution in [0.25, 0.3) is 11.1 Å². The van der Waals surface area contributed by atoms with Crippen LogP contribution in [0.3, 0.4) is 0 Å². The molecule has 2 aromatic heterocycles. The largest absolute Gasteiger partial charge is 0.484 e. The van der Waals surface area contributed by atoms with E-state index in [1.54, 1.807) is 12.3 Å². The monoisotopic (exact) mass is 531 g/mol. The van der Waals surface area contributed by atoms with Crippen LogP contribution in [-0.4, -0.2) is 39.0 Å². The molecule has 0 radical (unpaired) electrons. The Labute approximate surface area is 230 Å². The second-order valence-corrected chi connectivity index (χ2v) is 11.0. The summed E-state index contributed by atoms with van der Waals surface area (Å²) in [7, 11) is 0. The minimum Gasteiger partial charge on any atom is -0.484 e. The number of ether oxygens (including phenoxy) is 1. The third kappa shape index (κ3) is 5.83. The lowest BCUT2D eigenvalue weighted by molar-refractivity contribution is -0.142. The van der Waals surface area contributed by atoms with Crippen molar-refractivity contribution in [1.82, 2.24) is 14.9 Å². The van der Waals surface area contributed by atoms with Crippen LogP contribution >= 0.6 is 0 Å². The van der Waals surface area contributed by atoms with Crippen LogP contribution in [0.2, 0.25) is 0 Å². The van der Waals surface area contributed by atoms with Crippen LogP contribution < -0.4 is 4.74 Å². The summed E-state index contributed by atoms with van der Waals surface area (Å²) in [6, 6.07) is 10.1. The summed E-state index contributed by atoms with van der Waals surface area (Å²) in [4.78, 5) is 23.0. The van der Waals surface area contributed by atoms with Gasteiger partial charge in [-0.15, -0.1) is 0 Å². The molecule has 1 N–H and O–H groups in total. The molecule has 6 nitrogen and oxygen atoms in total. The lowest BCUT2D eigenvalue weighted by atomic mass is 9.82. The molecular weight excluding hydrogens is 493 g/mol. The number of carbonyl (C=O) groups is 1. The summed E-state index contributed by atoms with van der Waals surface area (Å²) < 4.78 is 21.4. The Balaban J connectivity index is 1.47. The second-order valence-electron chi connectivity index (χ2n) is 11.0. The number of hydrogen-bond donors (Lipinski definition) is 1. The number of aromatic nitrogens is 2. The molecule has 39 heavy (non-hydrogen) atoms. The zero-order valence-electron chi connectivity index (χ0n) is 23.3. The first-order valence-corrected chi connectivity index (χ1v) is 14.1. The SMILES string of the molecule is CCN(CC)Cc1cc(C2CCc3ccc([C@H](C4CC4)[C@H](C)C(=O)O)cc3O2)ncc1-c1cc(C)ncc1F. The standard InChI is InChI=1S/C32H38FN3O3/c1-5-36(6-2)18-24-14-28(35-16-26(24)25-13-19(3)34-17-27(25)33)29-12-11-21-7-10-23(15-30(21)39-29)31(22-8-9-22)20(4)32(37)38/h7,10,13-17,20,22,29,31H,5-6,8-9,11-12,18H2,1-4H3,(H,37,38)/t20-,29?,31-/m0/s1. The summed E-state index contributed by atoms with van der Waals surface area (Å²) in [6.07, 6.45) is 6.63. The van der Waals surface area contributed by atoms with Crippen LogP contribution in [0, 0.1) is 24.6 Å². The van der Waals surface area contributed by atoms with Gasteiger partial charge < -0.3 is 9.84 Å². The van der Waals surface area contributed by atoms with E-state index in [4.69, 9.17) is 9.72 Å². The van der Waals surface area contributed by atoms with Gasteiger partial charge in [-0.2, -0.15) is 0 Å². The summed E-state index contributed by atoms with van der Waals surface area (Å²) in [6.45, 7) is 10.4. The Morgan fingerprint density at radius 1 is 1.10 bits per heavy atom. The molecular formula is C32H38FN3O3. The minimum absolute atomic E-state index is 0.00595.